The van der Waals surface area contributed by atoms with Gasteiger partial charge in [-0.2, -0.15) is 0 Å². The Hall–Kier alpha value is -2.17. The highest BCUT2D eigenvalue weighted by molar-refractivity contribution is 5.65. The third-order valence-electron chi connectivity index (χ3n) is 1.77. The minimum absolute atomic E-state index is 0.210. The largest absolute Gasteiger partial charge is 0.502 e. The standard InChI is InChI=1S/C10H9NO4/c12-7-2-1-4-8-5-3-6-9(10(8)13)11(14)15/h1,3-7,13H,2H2. The van der Waals surface area contributed by atoms with Crippen LogP contribution in [0.25, 0.3) is 6.08 Å². The molecule has 1 N–H and O–H groups in total. The summed E-state index contributed by atoms with van der Waals surface area (Å²) in [5, 5.41) is 19.9. The van der Waals surface area contributed by atoms with Crippen LogP contribution in [-0.4, -0.2) is 16.3 Å². The number of nitrogens with zero attached hydrogens (tertiary/aromatic N) is 1. The fourth-order valence-corrected chi connectivity index (χ4v) is 1.08. The molecule has 0 saturated heterocycles. The number of phenols is 1. The van der Waals surface area contributed by atoms with Crippen LogP contribution in [0.15, 0.2) is 24.3 Å². The van der Waals surface area contributed by atoms with Crippen molar-refractivity contribution in [2.45, 2.75) is 6.42 Å². The van der Waals surface area contributed by atoms with E-state index in [1.165, 1.54) is 30.4 Å². The van der Waals surface area contributed by atoms with Crippen molar-refractivity contribution in [1.29, 1.82) is 0 Å². The van der Waals surface area contributed by atoms with Gasteiger partial charge in [-0.15, -0.1) is 0 Å². The lowest BCUT2D eigenvalue weighted by atomic mass is 10.1. The average molecular weight is 207 g/mol. The number of rotatable bonds is 4. The molecule has 1 rings (SSSR count). The molecular formula is C10H9NO4. The Bertz CT molecular complexity index is 412. The maximum Gasteiger partial charge on any atom is 0.311 e. The molecule has 78 valence electrons. The average Bonchev–Trinajstić information content (AvgIpc) is 2.20. The van der Waals surface area contributed by atoms with E-state index < -0.39 is 4.92 Å². The number of hydrogen-bond donors (Lipinski definition) is 1. The molecule has 5 heteroatoms. The molecule has 0 bridgehead atoms. The third-order valence-corrected chi connectivity index (χ3v) is 1.77. The molecule has 0 aliphatic heterocycles. The molecule has 0 aliphatic rings. The number of aromatic hydroxyl groups is 1. The lowest BCUT2D eigenvalue weighted by Gasteiger charge is -1.99. The van der Waals surface area contributed by atoms with Gasteiger partial charge in [0, 0.05) is 18.1 Å². The van der Waals surface area contributed by atoms with Gasteiger partial charge < -0.3 is 9.90 Å². The molecule has 0 amide bonds. The van der Waals surface area contributed by atoms with E-state index in [2.05, 4.69) is 0 Å². The first kappa shape index (κ1) is 10.9. The monoisotopic (exact) mass is 207 g/mol. The highest BCUT2D eigenvalue weighted by atomic mass is 16.6. The predicted octanol–water partition coefficient (Wildman–Crippen LogP) is 1.90. The normalized spacial score (nSPS) is 10.4. The second-order valence-corrected chi connectivity index (χ2v) is 2.78. The minimum Gasteiger partial charge on any atom is -0.502 e. The summed E-state index contributed by atoms with van der Waals surface area (Å²) in [5.41, 5.74) is -0.0192. The van der Waals surface area contributed by atoms with Crippen LogP contribution in [0.1, 0.15) is 12.0 Å². The van der Waals surface area contributed by atoms with Gasteiger partial charge in [-0.1, -0.05) is 24.3 Å². The maximum atomic E-state index is 10.5. The Kier molecular flexibility index (Phi) is 3.56. The van der Waals surface area contributed by atoms with Crippen molar-refractivity contribution >= 4 is 18.0 Å². The number of aldehydes is 1. The topological polar surface area (TPSA) is 80.4 Å². The summed E-state index contributed by atoms with van der Waals surface area (Å²) in [6.07, 6.45) is 3.90. The van der Waals surface area contributed by atoms with Crippen LogP contribution in [0.3, 0.4) is 0 Å². The van der Waals surface area contributed by atoms with E-state index in [1.54, 1.807) is 0 Å². The zero-order valence-electron chi connectivity index (χ0n) is 7.79. The van der Waals surface area contributed by atoms with Crippen molar-refractivity contribution in [2.75, 3.05) is 0 Å². The summed E-state index contributed by atoms with van der Waals surface area (Å²) in [6, 6.07) is 4.22. The third kappa shape index (κ3) is 2.63. The number of carbonyl (C=O) groups excluding carboxylic acids is 1. The van der Waals surface area contributed by atoms with Crippen LogP contribution >= 0.6 is 0 Å². The maximum absolute atomic E-state index is 10.5. The zero-order valence-corrected chi connectivity index (χ0v) is 7.79. The van der Waals surface area contributed by atoms with Crippen molar-refractivity contribution in [2.24, 2.45) is 0 Å². The van der Waals surface area contributed by atoms with E-state index in [4.69, 9.17) is 0 Å². The van der Waals surface area contributed by atoms with Crippen LogP contribution in [-0.2, 0) is 4.79 Å². The molecule has 0 aromatic heterocycles. The van der Waals surface area contributed by atoms with Gasteiger partial charge in [0.05, 0.1) is 4.92 Å². The van der Waals surface area contributed by atoms with Crippen LogP contribution < -0.4 is 0 Å². The van der Waals surface area contributed by atoms with E-state index in [0.29, 0.717) is 11.8 Å². The van der Waals surface area contributed by atoms with E-state index in [0.717, 1.165) is 0 Å². The first-order valence-electron chi connectivity index (χ1n) is 4.23. The number of nitro benzene ring substituents is 1. The number of phenolic OH excluding ortho intramolecular Hbond substituents is 1. The van der Waals surface area contributed by atoms with Crippen LogP contribution in [0.4, 0.5) is 5.69 Å². The van der Waals surface area contributed by atoms with Crippen LogP contribution in [0.2, 0.25) is 0 Å². The number of allylic oxidation sites excluding steroid dienone is 1. The Labute approximate surface area is 85.8 Å². The van der Waals surface area contributed by atoms with E-state index in [9.17, 15) is 20.0 Å². The molecule has 0 aliphatic carbocycles. The van der Waals surface area contributed by atoms with E-state index >= 15 is 0 Å². The van der Waals surface area contributed by atoms with Crippen molar-refractivity contribution in [3.8, 4) is 5.75 Å². The van der Waals surface area contributed by atoms with Gasteiger partial charge in [-0.05, 0) is 0 Å². The minimum atomic E-state index is -0.660. The van der Waals surface area contributed by atoms with Gasteiger partial charge in [0.1, 0.15) is 6.29 Å². The predicted molar refractivity (Wildman–Crippen MR) is 54.5 cm³/mol. The summed E-state index contributed by atoms with van der Waals surface area (Å²) >= 11 is 0. The summed E-state index contributed by atoms with van der Waals surface area (Å²) in [7, 11) is 0. The van der Waals surface area contributed by atoms with Gasteiger partial charge in [0.15, 0.2) is 0 Å². The van der Waals surface area contributed by atoms with Crippen molar-refractivity contribution in [3.63, 3.8) is 0 Å². The van der Waals surface area contributed by atoms with Gasteiger partial charge >= 0.3 is 5.69 Å². The van der Waals surface area contributed by atoms with Gasteiger partial charge in [-0.25, -0.2) is 0 Å². The summed E-state index contributed by atoms with van der Waals surface area (Å²) in [5.74, 6) is -0.385. The SMILES string of the molecule is O=CCC=Cc1cccc([N+](=O)[O-])c1O. The van der Waals surface area contributed by atoms with E-state index in [1.807, 2.05) is 0 Å². The van der Waals surface area contributed by atoms with E-state index in [-0.39, 0.29) is 17.9 Å². The Balaban J connectivity index is 3.04. The molecule has 0 spiro atoms. The second kappa shape index (κ2) is 4.90. The molecule has 1 aromatic rings. The summed E-state index contributed by atoms with van der Waals surface area (Å²) < 4.78 is 0. The molecule has 15 heavy (non-hydrogen) atoms. The Morgan fingerprint density at radius 3 is 2.80 bits per heavy atom. The smallest absolute Gasteiger partial charge is 0.311 e. The lowest BCUT2D eigenvalue weighted by molar-refractivity contribution is -0.385. The van der Waals surface area contributed by atoms with Crippen LogP contribution in [0.5, 0.6) is 5.75 Å². The van der Waals surface area contributed by atoms with Gasteiger partial charge in [-0.3, -0.25) is 10.1 Å². The highest BCUT2D eigenvalue weighted by Crippen LogP contribution is 2.29. The molecular weight excluding hydrogens is 198 g/mol. The van der Waals surface area contributed by atoms with Crippen molar-refractivity contribution < 1.29 is 14.8 Å². The first-order valence-corrected chi connectivity index (χ1v) is 4.23. The van der Waals surface area contributed by atoms with Crippen molar-refractivity contribution in [1.82, 2.24) is 0 Å². The molecule has 1 aromatic carbocycles. The molecule has 0 unspecified atom stereocenters. The molecule has 0 saturated carbocycles. The molecule has 0 fully saturated rings. The molecule has 0 radical (unpaired) electrons. The summed E-state index contributed by atoms with van der Waals surface area (Å²) in [4.78, 5) is 19.8. The molecule has 0 heterocycles. The van der Waals surface area contributed by atoms with Gasteiger partial charge in [0.25, 0.3) is 0 Å². The number of benzene rings is 1. The zero-order chi connectivity index (χ0) is 11.3. The lowest BCUT2D eigenvalue weighted by Crippen LogP contribution is -1.89. The first-order chi connectivity index (χ1) is 7.16. The van der Waals surface area contributed by atoms with Crippen LogP contribution in [0, 0.1) is 10.1 Å². The molecule has 5 nitrogen and oxygen atoms in total. The fraction of sp³-hybridized carbons (Fsp3) is 0.100. The number of carbonyl (C=O) groups is 1. The number of nitro groups is 1. The summed E-state index contributed by atoms with van der Waals surface area (Å²) in [6.45, 7) is 0. The van der Waals surface area contributed by atoms with Crippen molar-refractivity contribution in [3.05, 3.63) is 40.0 Å². The van der Waals surface area contributed by atoms with Gasteiger partial charge in [0.2, 0.25) is 5.75 Å². The highest BCUT2D eigenvalue weighted by Gasteiger charge is 2.14. The second-order valence-electron chi connectivity index (χ2n) is 2.78. The Morgan fingerprint density at radius 2 is 2.20 bits per heavy atom. The number of para-hydroxylation sites is 1. The Morgan fingerprint density at radius 1 is 1.47 bits per heavy atom. The number of hydrogen-bond acceptors (Lipinski definition) is 4. The molecule has 0 atom stereocenters. The fourth-order valence-electron chi connectivity index (χ4n) is 1.08. The quantitative estimate of drug-likeness (QED) is 0.464.